The average Bonchev–Trinajstić information content (AvgIpc) is 2.80. The predicted octanol–water partition coefficient (Wildman–Crippen LogP) is 4.72. The summed E-state index contributed by atoms with van der Waals surface area (Å²) in [6, 6.07) is 5.63. The maximum Gasteiger partial charge on any atom is 0.410 e. The van der Waals surface area contributed by atoms with E-state index in [9.17, 15) is 4.79 Å². The van der Waals surface area contributed by atoms with Crippen molar-refractivity contribution in [1.82, 2.24) is 4.90 Å². The van der Waals surface area contributed by atoms with Gasteiger partial charge in [-0.25, -0.2) is 4.79 Å². The van der Waals surface area contributed by atoms with Gasteiger partial charge in [-0.05, 0) is 38.8 Å². The second-order valence-corrected chi connectivity index (χ2v) is 6.84. The van der Waals surface area contributed by atoms with Gasteiger partial charge in [-0.3, -0.25) is 0 Å². The highest BCUT2D eigenvalue weighted by atomic mass is 35.5. The summed E-state index contributed by atoms with van der Waals surface area (Å²) in [4.78, 5) is 13.8. The van der Waals surface area contributed by atoms with Crippen LogP contribution in [0.1, 0.15) is 38.7 Å². The SMILES string of the molecule is CC(C)(C)OC(=O)N1CCC(c2cccc(Cl)c2Cl)C1. The largest absolute Gasteiger partial charge is 0.444 e. The van der Waals surface area contributed by atoms with Crippen molar-refractivity contribution in [2.75, 3.05) is 13.1 Å². The third kappa shape index (κ3) is 3.58. The van der Waals surface area contributed by atoms with Gasteiger partial charge in [-0.15, -0.1) is 0 Å². The van der Waals surface area contributed by atoms with E-state index in [0.29, 0.717) is 23.1 Å². The van der Waals surface area contributed by atoms with Gasteiger partial charge >= 0.3 is 6.09 Å². The van der Waals surface area contributed by atoms with Crippen molar-refractivity contribution in [2.24, 2.45) is 0 Å². The van der Waals surface area contributed by atoms with Gasteiger partial charge in [-0.1, -0.05) is 35.3 Å². The molecule has 1 aliphatic heterocycles. The van der Waals surface area contributed by atoms with Crippen molar-refractivity contribution in [2.45, 2.75) is 38.7 Å². The summed E-state index contributed by atoms with van der Waals surface area (Å²) in [7, 11) is 0. The van der Waals surface area contributed by atoms with Gasteiger partial charge in [0.1, 0.15) is 5.60 Å². The van der Waals surface area contributed by atoms with E-state index in [1.165, 1.54) is 0 Å². The number of rotatable bonds is 1. The van der Waals surface area contributed by atoms with Crippen LogP contribution in [0.3, 0.4) is 0 Å². The van der Waals surface area contributed by atoms with Gasteiger partial charge in [0.2, 0.25) is 0 Å². The number of amides is 1. The van der Waals surface area contributed by atoms with Gasteiger partial charge in [-0.2, -0.15) is 0 Å². The standard InChI is InChI=1S/C15H19Cl2NO2/c1-15(2,3)20-14(19)18-8-7-10(9-18)11-5-4-6-12(16)13(11)17/h4-6,10H,7-9H2,1-3H3. The normalized spacial score (nSPS) is 19.2. The van der Waals surface area contributed by atoms with Gasteiger partial charge in [0.25, 0.3) is 0 Å². The van der Waals surface area contributed by atoms with Crippen LogP contribution in [0.5, 0.6) is 0 Å². The molecule has 1 aromatic carbocycles. The first-order valence-corrected chi connectivity index (χ1v) is 7.45. The number of benzene rings is 1. The van der Waals surface area contributed by atoms with Crippen LogP contribution in [0.15, 0.2) is 18.2 Å². The molecule has 1 heterocycles. The molecule has 110 valence electrons. The molecule has 1 saturated heterocycles. The van der Waals surface area contributed by atoms with Crippen molar-refractivity contribution in [3.05, 3.63) is 33.8 Å². The van der Waals surface area contributed by atoms with E-state index in [0.717, 1.165) is 12.0 Å². The van der Waals surface area contributed by atoms with Crippen molar-refractivity contribution >= 4 is 29.3 Å². The molecule has 20 heavy (non-hydrogen) atoms. The topological polar surface area (TPSA) is 29.5 Å². The van der Waals surface area contributed by atoms with Crippen LogP contribution in [-0.2, 0) is 4.74 Å². The quantitative estimate of drug-likeness (QED) is 0.750. The van der Waals surface area contributed by atoms with E-state index < -0.39 is 5.60 Å². The first-order valence-electron chi connectivity index (χ1n) is 6.70. The molecule has 0 bridgehead atoms. The Hall–Kier alpha value is -0.930. The number of hydrogen-bond donors (Lipinski definition) is 0. The Kier molecular flexibility index (Phi) is 4.50. The molecule has 1 atom stereocenters. The van der Waals surface area contributed by atoms with Crippen LogP contribution in [0, 0.1) is 0 Å². The van der Waals surface area contributed by atoms with E-state index in [4.69, 9.17) is 27.9 Å². The predicted molar refractivity (Wildman–Crippen MR) is 81.6 cm³/mol. The molecular weight excluding hydrogens is 297 g/mol. The molecule has 0 aliphatic carbocycles. The lowest BCUT2D eigenvalue weighted by Gasteiger charge is -2.24. The maximum atomic E-state index is 12.0. The fraction of sp³-hybridized carbons (Fsp3) is 0.533. The fourth-order valence-corrected chi connectivity index (χ4v) is 2.80. The summed E-state index contributed by atoms with van der Waals surface area (Å²) in [5, 5.41) is 1.14. The second kappa shape index (κ2) is 5.82. The average molecular weight is 316 g/mol. The van der Waals surface area contributed by atoms with Crippen LogP contribution in [0.25, 0.3) is 0 Å². The van der Waals surface area contributed by atoms with Crippen LogP contribution >= 0.6 is 23.2 Å². The number of likely N-dealkylation sites (tertiary alicyclic amines) is 1. The van der Waals surface area contributed by atoms with Gasteiger partial charge < -0.3 is 9.64 Å². The first kappa shape index (κ1) is 15.5. The third-order valence-electron chi connectivity index (χ3n) is 3.26. The van der Waals surface area contributed by atoms with E-state index in [-0.39, 0.29) is 12.0 Å². The summed E-state index contributed by atoms with van der Waals surface area (Å²) < 4.78 is 5.39. The molecule has 0 spiro atoms. The molecule has 2 rings (SSSR count). The fourth-order valence-electron chi connectivity index (χ4n) is 2.34. The Morgan fingerprint density at radius 2 is 2.05 bits per heavy atom. The van der Waals surface area contributed by atoms with Gasteiger partial charge in [0, 0.05) is 19.0 Å². The molecule has 0 aromatic heterocycles. The Balaban J connectivity index is 2.06. The van der Waals surface area contributed by atoms with Crippen LogP contribution in [-0.4, -0.2) is 29.7 Å². The van der Waals surface area contributed by atoms with E-state index in [1.54, 1.807) is 11.0 Å². The maximum absolute atomic E-state index is 12.0. The van der Waals surface area contributed by atoms with Crippen molar-refractivity contribution in [1.29, 1.82) is 0 Å². The summed E-state index contributed by atoms with van der Waals surface area (Å²) in [5.74, 6) is 0.216. The summed E-state index contributed by atoms with van der Waals surface area (Å²) >= 11 is 12.3. The molecule has 1 fully saturated rings. The molecule has 5 heteroatoms. The van der Waals surface area contributed by atoms with Crippen molar-refractivity contribution < 1.29 is 9.53 Å². The summed E-state index contributed by atoms with van der Waals surface area (Å²) in [5.41, 5.74) is 0.535. The zero-order chi connectivity index (χ0) is 14.9. The zero-order valence-electron chi connectivity index (χ0n) is 12.0. The highest BCUT2D eigenvalue weighted by Gasteiger charge is 2.31. The minimum Gasteiger partial charge on any atom is -0.444 e. The lowest BCUT2D eigenvalue weighted by atomic mass is 9.98. The lowest BCUT2D eigenvalue weighted by molar-refractivity contribution is 0.0292. The van der Waals surface area contributed by atoms with Crippen LogP contribution < -0.4 is 0 Å². The number of hydrogen-bond acceptors (Lipinski definition) is 2. The minimum absolute atomic E-state index is 0.216. The Labute approximate surface area is 129 Å². The monoisotopic (exact) mass is 315 g/mol. The van der Waals surface area contributed by atoms with E-state index in [2.05, 4.69) is 0 Å². The van der Waals surface area contributed by atoms with Crippen molar-refractivity contribution in [3.63, 3.8) is 0 Å². The first-order chi connectivity index (χ1) is 9.28. The van der Waals surface area contributed by atoms with Crippen LogP contribution in [0.4, 0.5) is 4.79 Å². The summed E-state index contributed by atoms with van der Waals surface area (Å²) in [6.07, 6.45) is 0.609. The van der Waals surface area contributed by atoms with Gasteiger partial charge in [0.05, 0.1) is 10.0 Å². The van der Waals surface area contributed by atoms with Crippen LogP contribution in [0.2, 0.25) is 10.0 Å². The molecule has 3 nitrogen and oxygen atoms in total. The molecule has 1 aromatic rings. The molecule has 0 saturated carbocycles. The van der Waals surface area contributed by atoms with E-state index >= 15 is 0 Å². The molecule has 1 amide bonds. The molecule has 1 unspecified atom stereocenters. The Morgan fingerprint density at radius 1 is 1.35 bits per heavy atom. The number of carbonyl (C=O) groups is 1. The molecule has 0 radical (unpaired) electrons. The Bertz CT molecular complexity index is 511. The van der Waals surface area contributed by atoms with Gasteiger partial charge in [0.15, 0.2) is 0 Å². The number of ether oxygens (including phenoxy) is 1. The number of halogens is 2. The highest BCUT2D eigenvalue weighted by Crippen LogP contribution is 2.36. The smallest absolute Gasteiger partial charge is 0.410 e. The second-order valence-electron chi connectivity index (χ2n) is 6.06. The minimum atomic E-state index is -0.469. The van der Waals surface area contributed by atoms with E-state index in [1.807, 2.05) is 32.9 Å². The Morgan fingerprint density at radius 3 is 2.70 bits per heavy atom. The number of carbonyl (C=O) groups excluding carboxylic acids is 1. The highest BCUT2D eigenvalue weighted by molar-refractivity contribution is 6.42. The molecule has 0 N–H and O–H groups in total. The third-order valence-corrected chi connectivity index (χ3v) is 4.09. The van der Waals surface area contributed by atoms with Crippen molar-refractivity contribution in [3.8, 4) is 0 Å². The zero-order valence-corrected chi connectivity index (χ0v) is 13.5. The number of nitrogens with zero attached hydrogens (tertiary/aromatic N) is 1. The molecular formula is C15H19Cl2NO2. The summed E-state index contributed by atoms with van der Waals surface area (Å²) in [6.45, 7) is 6.91. The molecule has 1 aliphatic rings. The lowest BCUT2D eigenvalue weighted by Crippen LogP contribution is -2.35.